The monoisotopic (exact) mass is 446 g/mol. The Morgan fingerprint density at radius 3 is 1.94 bits per heavy atom. The summed E-state index contributed by atoms with van der Waals surface area (Å²) in [4.78, 5) is 35.5. The van der Waals surface area contributed by atoms with Gasteiger partial charge in [0.1, 0.15) is 5.70 Å². The minimum atomic E-state index is -0.243. The maximum atomic E-state index is 13.7. The molecule has 4 rings (SSSR count). The number of piperazine rings is 1. The van der Waals surface area contributed by atoms with Crippen LogP contribution in [0.25, 0.3) is 5.57 Å². The quantitative estimate of drug-likeness (QED) is 0.606. The van der Waals surface area contributed by atoms with E-state index in [-0.39, 0.29) is 11.8 Å². The molecule has 2 aliphatic rings. The molecule has 0 bridgehead atoms. The molecule has 174 valence electrons. The molecule has 0 unspecified atom stereocenters. The molecule has 2 aromatic carbocycles. The molecular weight excluding hydrogens is 412 g/mol. The highest BCUT2D eigenvalue weighted by molar-refractivity contribution is 6.45. The second-order valence-corrected chi connectivity index (χ2v) is 8.65. The predicted octanol–water partition coefficient (Wildman–Crippen LogP) is 3.76. The van der Waals surface area contributed by atoms with E-state index >= 15 is 0 Å². The summed E-state index contributed by atoms with van der Waals surface area (Å²) >= 11 is 0. The van der Waals surface area contributed by atoms with Gasteiger partial charge in [-0.2, -0.15) is 0 Å². The number of rotatable bonds is 7. The molecule has 33 heavy (non-hydrogen) atoms. The minimum Gasteiger partial charge on any atom is -0.372 e. The molecule has 0 aliphatic carbocycles. The zero-order chi connectivity index (χ0) is 23.5. The second kappa shape index (κ2) is 9.79. The normalized spacial score (nSPS) is 17.3. The van der Waals surface area contributed by atoms with Gasteiger partial charge < -0.3 is 14.7 Å². The number of nitrogens with zero attached hydrogens (tertiary/aromatic N) is 4. The van der Waals surface area contributed by atoms with Gasteiger partial charge in [0.15, 0.2) is 0 Å². The first-order valence-corrected chi connectivity index (χ1v) is 12.0. The summed E-state index contributed by atoms with van der Waals surface area (Å²) < 4.78 is 0. The predicted molar refractivity (Wildman–Crippen MR) is 134 cm³/mol. The minimum absolute atomic E-state index is 0.226. The summed E-state index contributed by atoms with van der Waals surface area (Å²) in [6, 6.07) is 15.6. The number of benzene rings is 2. The fourth-order valence-electron chi connectivity index (χ4n) is 4.72. The maximum absolute atomic E-state index is 13.7. The van der Waals surface area contributed by atoms with Crippen molar-refractivity contribution in [2.75, 3.05) is 55.6 Å². The van der Waals surface area contributed by atoms with Crippen LogP contribution in [0.1, 0.15) is 31.9 Å². The van der Waals surface area contributed by atoms with Crippen LogP contribution in [0.2, 0.25) is 0 Å². The van der Waals surface area contributed by atoms with Gasteiger partial charge in [-0.3, -0.25) is 9.59 Å². The summed E-state index contributed by atoms with van der Waals surface area (Å²) in [6.07, 6.45) is 0. The van der Waals surface area contributed by atoms with Crippen LogP contribution in [0.4, 0.5) is 11.4 Å². The van der Waals surface area contributed by atoms with Crippen molar-refractivity contribution in [2.45, 2.75) is 27.7 Å². The third kappa shape index (κ3) is 4.40. The third-order valence-corrected chi connectivity index (χ3v) is 6.77. The lowest BCUT2D eigenvalue weighted by Gasteiger charge is -2.36. The maximum Gasteiger partial charge on any atom is 0.282 e. The number of likely N-dealkylation sites (N-methyl/N-ethyl adjacent to an activating group) is 1. The van der Waals surface area contributed by atoms with Crippen molar-refractivity contribution in [3.8, 4) is 0 Å². The molecule has 2 aromatic rings. The first-order chi connectivity index (χ1) is 16.0. The van der Waals surface area contributed by atoms with E-state index in [4.69, 9.17) is 0 Å². The van der Waals surface area contributed by atoms with E-state index in [1.807, 2.05) is 55.5 Å². The fourth-order valence-corrected chi connectivity index (χ4v) is 4.72. The van der Waals surface area contributed by atoms with Crippen molar-refractivity contribution in [3.05, 3.63) is 65.4 Å². The molecule has 0 N–H and O–H groups in total. The zero-order valence-electron chi connectivity index (χ0n) is 20.2. The Balaban J connectivity index is 1.71. The van der Waals surface area contributed by atoms with Crippen LogP contribution in [0.3, 0.4) is 0 Å². The van der Waals surface area contributed by atoms with E-state index in [0.29, 0.717) is 17.0 Å². The van der Waals surface area contributed by atoms with Gasteiger partial charge in [-0.15, -0.1) is 0 Å². The highest BCUT2D eigenvalue weighted by Crippen LogP contribution is 2.36. The lowest BCUT2D eigenvalue weighted by atomic mass is 10.0. The summed E-state index contributed by atoms with van der Waals surface area (Å²) in [5.74, 6) is -0.469. The Morgan fingerprint density at radius 1 is 0.788 bits per heavy atom. The van der Waals surface area contributed by atoms with Crippen LogP contribution >= 0.6 is 0 Å². The van der Waals surface area contributed by atoms with Crippen molar-refractivity contribution >= 4 is 28.8 Å². The number of hydrogen-bond acceptors (Lipinski definition) is 5. The van der Waals surface area contributed by atoms with Crippen molar-refractivity contribution in [3.63, 3.8) is 0 Å². The fraction of sp³-hybridized carbons (Fsp3) is 0.407. The molecule has 2 heterocycles. The molecular formula is C27H34N4O2. The van der Waals surface area contributed by atoms with Gasteiger partial charge >= 0.3 is 0 Å². The zero-order valence-corrected chi connectivity index (χ0v) is 20.2. The SMILES string of the molecule is CCN1CCN(C2=C(c3ccc(C)cc3)C(=O)N(c3ccc(N(CC)CC)cc3)C2=O)CC1. The average Bonchev–Trinajstić information content (AvgIpc) is 3.11. The second-order valence-electron chi connectivity index (χ2n) is 8.65. The van der Waals surface area contributed by atoms with Crippen molar-refractivity contribution in [2.24, 2.45) is 0 Å². The van der Waals surface area contributed by atoms with Gasteiger partial charge in [0.05, 0.1) is 11.3 Å². The Bertz CT molecular complexity index is 1030. The van der Waals surface area contributed by atoms with E-state index < -0.39 is 0 Å². The van der Waals surface area contributed by atoms with E-state index in [9.17, 15) is 9.59 Å². The van der Waals surface area contributed by atoms with E-state index in [1.165, 1.54) is 4.90 Å². The van der Waals surface area contributed by atoms with Gasteiger partial charge in [-0.05, 0) is 57.1 Å². The van der Waals surface area contributed by atoms with Crippen LogP contribution in [0.5, 0.6) is 0 Å². The highest BCUT2D eigenvalue weighted by atomic mass is 16.2. The van der Waals surface area contributed by atoms with E-state index in [2.05, 4.69) is 35.5 Å². The lowest BCUT2D eigenvalue weighted by Crippen LogP contribution is -2.47. The molecule has 2 aliphatic heterocycles. The van der Waals surface area contributed by atoms with E-state index in [0.717, 1.165) is 62.6 Å². The van der Waals surface area contributed by atoms with Crippen molar-refractivity contribution < 1.29 is 9.59 Å². The van der Waals surface area contributed by atoms with Crippen LogP contribution in [0, 0.1) is 6.92 Å². The molecule has 1 saturated heterocycles. The van der Waals surface area contributed by atoms with Crippen molar-refractivity contribution in [1.82, 2.24) is 9.80 Å². The van der Waals surface area contributed by atoms with Crippen LogP contribution in [-0.4, -0.2) is 67.4 Å². The molecule has 0 aromatic heterocycles. The number of aryl methyl sites for hydroxylation is 1. The largest absolute Gasteiger partial charge is 0.372 e. The highest BCUT2D eigenvalue weighted by Gasteiger charge is 2.43. The van der Waals surface area contributed by atoms with Crippen LogP contribution < -0.4 is 9.80 Å². The summed E-state index contributed by atoms with van der Waals surface area (Å²) in [5, 5.41) is 0. The molecule has 6 heteroatoms. The standard InChI is InChI=1S/C27H34N4O2/c1-5-28-16-18-30(19-17-28)25-24(21-10-8-20(4)9-11-21)26(32)31(27(25)33)23-14-12-22(13-15-23)29(6-2)7-3/h8-15H,5-7,16-19H2,1-4H3. The van der Waals surface area contributed by atoms with Gasteiger partial charge in [0.25, 0.3) is 11.8 Å². The number of amides is 2. The molecule has 0 spiro atoms. The van der Waals surface area contributed by atoms with Gasteiger partial charge in [-0.25, -0.2) is 4.90 Å². The number of carbonyl (C=O) groups is 2. The number of carbonyl (C=O) groups excluding carboxylic acids is 2. The summed E-state index contributed by atoms with van der Waals surface area (Å²) in [5.41, 5.74) is 4.68. The Labute approximate surface area is 197 Å². The Hall–Kier alpha value is -3.12. The molecule has 2 amide bonds. The molecule has 0 atom stereocenters. The van der Waals surface area contributed by atoms with Crippen LogP contribution in [0.15, 0.2) is 54.2 Å². The number of imide groups is 1. The lowest BCUT2D eigenvalue weighted by molar-refractivity contribution is -0.120. The van der Waals surface area contributed by atoms with Crippen molar-refractivity contribution in [1.29, 1.82) is 0 Å². The smallest absolute Gasteiger partial charge is 0.282 e. The third-order valence-electron chi connectivity index (χ3n) is 6.77. The van der Waals surface area contributed by atoms with Gasteiger partial charge in [-0.1, -0.05) is 36.8 Å². The summed E-state index contributed by atoms with van der Waals surface area (Å²) in [7, 11) is 0. The molecule has 1 fully saturated rings. The molecule has 0 radical (unpaired) electrons. The number of anilines is 2. The topological polar surface area (TPSA) is 47.1 Å². The summed E-state index contributed by atoms with van der Waals surface area (Å²) in [6.45, 7) is 14.5. The first kappa shape index (κ1) is 23.1. The van der Waals surface area contributed by atoms with Crippen LogP contribution in [-0.2, 0) is 9.59 Å². The van der Waals surface area contributed by atoms with Gasteiger partial charge in [0, 0.05) is 45.0 Å². The Morgan fingerprint density at radius 2 is 1.39 bits per heavy atom. The molecule has 0 saturated carbocycles. The first-order valence-electron chi connectivity index (χ1n) is 12.0. The Kier molecular flexibility index (Phi) is 6.84. The van der Waals surface area contributed by atoms with Gasteiger partial charge in [0.2, 0.25) is 0 Å². The van der Waals surface area contributed by atoms with E-state index in [1.54, 1.807) is 0 Å². The average molecular weight is 447 g/mol. The number of hydrogen-bond donors (Lipinski definition) is 0. The molecule has 6 nitrogen and oxygen atoms in total.